The van der Waals surface area contributed by atoms with E-state index < -0.39 is 36.4 Å². The maximum atomic E-state index is 11.9. The molecule has 0 spiro atoms. The molecular weight excluding hydrogens is 578 g/mol. The van der Waals surface area contributed by atoms with Gasteiger partial charge in [0, 0.05) is 16.7 Å². The molecular formula is C38H41N3O5. The van der Waals surface area contributed by atoms with Gasteiger partial charge in [-0.05, 0) is 40.1 Å². The zero-order chi connectivity index (χ0) is 31.6. The molecule has 8 heteroatoms. The van der Waals surface area contributed by atoms with Crippen LogP contribution < -0.4 is 0 Å². The minimum absolute atomic E-state index is 0.0680. The number of azide groups is 1. The van der Waals surface area contributed by atoms with Gasteiger partial charge in [-0.3, -0.25) is 0 Å². The Morgan fingerprint density at radius 2 is 1.00 bits per heavy atom. The van der Waals surface area contributed by atoms with Gasteiger partial charge in [0.05, 0.1) is 57.4 Å². The Kier molecular flexibility index (Phi) is 11.1. The molecule has 0 unspecified atom stereocenters. The summed E-state index contributed by atoms with van der Waals surface area (Å²) in [5.74, 6) is -0.637. The molecule has 0 saturated heterocycles. The molecule has 238 valence electrons. The Labute approximate surface area is 270 Å². The third kappa shape index (κ3) is 7.85. The van der Waals surface area contributed by atoms with Gasteiger partial charge in [0.25, 0.3) is 0 Å². The van der Waals surface area contributed by atoms with Crippen molar-refractivity contribution < 1.29 is 24.1 Å². The van der Waals surface area contributed by atoms with E-state index in [2.05, 4.69) is 10.0 Å². The first kappa shape index (κ1) is 32.0. The van der Waals surface area contributed by atoms with E-state index in [9.17, 15) is 10.6 Å². The second-order valence-electron chi connectivity index (χ2n) is 12.2. The molecule has 0 aliphatic heterocycles. The fourth-order valence-electron chi connectivity index (χ4n) is 7.10. The summed E-state index contributed by atoms with van der Waals surface area (Å²) in [5.41, 5.74) is 13.7. The summed E-state index contributed by atoms with van der Waals surface area (Å²) in [7, 11) is 0. The number of aliphatic hydroxyl groups excluding tert-OH is 1. The zero-order valence-corrected chi connectivity index (χ0v) is 25.8. The van der Waals surface area contributed by atoms with Crippen molar-refractivity contribution in [1.29, 1.82) is 0 Å². The maximum absolute atomic E-state index is 11.9. The first-order chi connectivity index (χ1) is 22.7. The molecule has 0 amide bonds. The number of benzene rings is 4. The monoisotopic (exact) mass is 619 g/mol. The predicted octanol–water partition coefficient (Wildman–Crippen LogP) is 7.27. The molecule has 4 aromatic carbocycles. The molecule has 8 nitrogen and oxygen atoms in total. The van der Waals surface area contributed by atoms with E-state index in [-0.39, 0.29) is 11.8 Å². The molecule has 0 aromatic heterocycles. The summed E-state index contributed by atoms with van der Waals surface area (Å²) in [6, 6.07) is 39.6. The summed E-state index contributed by atoms with van der Waals surface area (Å²) < 4.78 is 26.6. The first-order valence-corrected chi connectivity index (χ1v) is 16.0. The number of nitrogens with zero attached hydrogens (tertiary/aromatic N) is 3. The van der Waals surface area contributed by atoms with Gasteiger partial charge in [-0.25, -0.2) is 0 Å². The Hall–Kier alpha value is -4.01. The van der Waals surface area contributed by atoms with Crippen molar-refractivity contribution in [3.8, 4) is 0 Å². The van der Waals surface area contributed by atoms with Crippen LogP contribution >= 0.6 is 0 Å². The summed E-state index contributed by atoms with van der Waals surface area (Å²) >= 11 is 0. The van der Waals surface area contributed by atoms with E-state index in [1.165, 1.54) is 0 Å². The predicted molar refractivity (Wildman–Crippen MR) is 175 cm³/mol. The van der Waals surface area contributed by atoms with Crippen molar-refractivity contribution in [3.63, 3.8) is 0 Å². The van der Waals surface area contributed by atoms with Crippen LogP contribution in [0.15, 0.2) is 126 Å². The van der Waals surface area contributed by atoms with Gasteiger partial charge in [-0.2, -0.15) is 0 Å². The second kappa shape index (κ2) is 16.0. The van der Waals surface area contributed by atoms with Crippen molar-refractivity contribution >= 4 is 0 Å². The van der Waals surface area contributed by atoms with E-state index in [0.717, 1.165) is 22.3 Å². The zero-order valence-electron chi connectivity index (χ0n) is 25.8. The molecule has 46 heavy (non-hydrogen) atoms. The van der Waals surface area contributed by atoms with Crippen LogP contribution in [0.3, 0.4) is 0 Å². The topological polar surface area (TPSA) is 106 Å². The van der Waals surface area contributed by atoms with E-state index >= 15 is 0 Å². The van der Waals surface area contributed by atoms with Crippen molar-refractivity contribution in [2.75, 3.05) is 6.61 Å². The van der Waals surface area contributed by atoms with Crippen LogP contribution in [-0.2, 0) is 45.4 Å². The molecule has 4 aromatic rings. The highest BCUT2D eigenvalue weighted by Gasteiger charge is 2.61. The van der Waals surface area contributed by atoms with E-state index in [0.29, 0.717) is 39.5 Å². The lowest BCUT2D eigenvalue weighted by molar-refractivity contribution is -0.133. The van der Waals surface area contributed by atoms with Gasteiger partial charge >= 0.3 is 0 Å². The van der Waals surface area contributed by atoms with E-state index in [1.807, 2.05) is 121 Å². The Morgan fingerprint density at radius 3 is 1.46 bits per heavy atom. The number of fused-ring (bicyclic) bond motifs is 1. The number of hydrogen-bond donors (Lipinski definition) is 1. The van der Waals surface area contributed by atoms with Crippen LogP contribution in [0.25, 0.3) is 10.4 Å². The van der Waals surface area contributed by atoms with Gasteiger partial charge in [-0.1, -0.05) is 126 Å². The van der Waals surface area contributed by atoms with Crippen LogP contribution in [-0.4, -0.2) is 42.2 Å². The Balaban J connectivity index is 1.33. The van der Waals surface area contributed by atoms with E-state index in [4.69, 9.17) is 18.9 Å². The second-order valence-corrected chi connectivity index (χ2v) is 12.2. The number of rotatable bonds is 14. The first-order valence-electron chi connectivity index (χ1n) is 16.0. The minimum atomic E-state index is -0.930. The lowest BCUT2D eigenvalue weighted by atomic mass is 9.69. The van der Waals surface area contributed by atoms with Gasteiger partial charge in [0.1, 0.15) is 6.10 Å². The quantitative estimate of drug-likeness (QED) is 0.0908. The van der Waals surface area contributed by atoms with Crippen molar-refractivity contribution in [2.24, 2.45) is 22.9 Å². The number of ether oxygens (including phenoxy) is 4. The van der Waals surface area contributed by atoms with Gasteiger partial charge < -0.3 is 24.1 Å². The van der Waals surface area contributed by atoms with Crippen molar-refractivity contribution in [2.45, 2.75) is 63.3 Å². The smallest absolute Gasteiger partial charge is 0.111 e. The fraction of sp³-hybridized carbons (Fsp3) is 0.368. The third-order valence-electron chi connectivity index (χ3n) is 9.23. The maximum Gasteiger partial charge on any atom is 0.111 e. The summed E-state index contributed by atoms with van der Waals surface area (Å²) in [6.45, 7) is 1.98. The van der Waals surface area contributed by atoms with Crippen molar-refractivity contribution in [3.05, 3.63) is 154 Å². The Morgan fingerprint density at radius 1 is 0.587 bits per heavy atom. The van der Waals surface area contributed by atoms with E-state index in [1.54, 1.807) is 0 Å². The van der Waals surface area contributed by atoms with Crippen molar-refractivity contribution in [1.82, 2.24) is 0 Å². The summed E-state index contributed by atoms with van der Waals surface area (Å²) in [5, 5.41) is 15.9. The van der Waals surface area contributed by atoms with Crippen LogP contribution in [0.1, 0.15) is 28.7 Å². The minimum Gasteiger partial charge on any atom is -0.392 e. The van der Waals surface area contributed by atoms with Crippen LogP contribution in [0.5, 0.6) is 0 Å². The van der Waals surface area contributed by atoms with Crippen LogP contribution in [0.4, 0.5) is 0 Å². The molecule has 2 aliphatic carbocycles. The third-order valence-corrected chi connectivity index (χ3v) is 9.23. The standard InChI is InChI=1S/C38H41N3O5/c39-41-40-32-21-31(26-43-22-27-13-5-1-6-14-27)33-34(35(32)42)37(45-24-29-17-9-3-10-18-29)38(46-25-30-19-11-4-12-20-30)36(33)44-23-28-15-7-2-8-16-28/h1-20,31-38,42H,21-26H2/t31-,32-,33+,34-,35+,36+,37+,38+/m0/s1. The number of aliphatic hydroxyl groups is 1. The normalized spacial score (nSPS) is 27.1. The molecule has 2 saturated carbocycles. The molecule has 0 bridgehead atoms. The molecule has 0 radical (unpaired) electrons. The average Bonchev–Trinajstić information content (AvgIpc) is 3.42. The lowest BCUT2D eigenvalue weighted by Gasteiger charge is -2.43. The fourth-order valence-corrected chi connectivity index (χ4v) is 7.10. The molecule has 2 aliphatic rings. The highest BCUT2D eigenvalue weighted by Crippen LogP contribution is 2.51. The molecule has 0 heterocycles. The SMILES string of the molecule is [N-]=[N+]=N[C@H]1C[C@@H](COCc2ccccc2)[C@H]2[C@@H](OCc3ccccc3)[C@@H](OCc3ccccc3)[C@H](OCc3ccccc3)[C@@H]2[C@@H]1O. The molecule has 6 rings (SSSR count). The Bertz CT molecular complexity index is 1520. The summed E-state index contributed by atoms with van der Waals surface area (Å²) in [6.07, 6.45) is -1.86. The molecule has 2 fully saturated rings. The molecule has 1 N–H and O–H groups in total. The molecule has 8 atom stereocenters. The highest BCUT2D eigenvalue weighted by atomic mass is 16.6. The van der Waals surface area contributed by atoms with Gasteiger partial charge in [-0.15, -0.1) is 0 Å². The van der Waals surface area contributed by atoms with Crippen LogP contribution in [0.2, 0.25) is 0 Å². The number of hydrogen-bond acceptors (Lipinski definition) is 6. The van der Waals surface area contributed by atoms with Gasteiger partial charge in [0.15, 0.2) is 0 Å². The lowest BCUT2D eigenvalue weighted by Crippen LogP contribution is -2.50. The average molecular weight is 620 g/mol. The van der Waals surface area contributed by atoms with Crippen LogP contribution in [0, 0.1) is 17.8 Å². The largest absolute Gasteiger partial charge is 0.392 e. The summed E-state index contributed by atoms with van der Waals surface area (Å²) in [4.78, 5) is 3.12. The van der Waals surface area contributed by atoms with Gasteiger partial charge in [0.2, 0.25) is 0 Å². The highest BCUT2D eigenvalue weighted by molar-refractivity contribution is 5.18.